The van der Waals surface area contributed by atoms with Crippen molar-refractivity contribution in [1.82, 2.24) is 4.90 Å². The molecule has 0 spiro atoms. The molecule has 1 atom stereocenters. The number of nitrogens with zero attached hydrogens (tertiary/aromatic N) is 1. The number of hydrogen-bond donors (Lipinski definition) is 1. The Bertz CT molecular complexity index is 451. The SMILES string of the molecule is O=C(O)[C@H]1CCCCN1Cc1ccc(Cl)c(Cl)c1. The van der Waals surface area contributed by atoms with Crippen LogP contribution in [0.1, 0.15) is 24.8 Å². The quantitative estimate of drug-likeness (QED) is 0.926. The molecule has 1 fully saturated rings. The minimum atomic E-state index is -0.741. The summed E-state index contributed by atoms with van der Waals surface area (Å²) in [4.78, 5) is 13.2. The summed E-state index contributed by atoms with van der Waals surface area (Å²) in [6, 6.07) is 5.06. The van der Waals surface area contributed by atoms with Crippen molar-refractivity contribution in [3.63, 3.8) is 0 Å². The van der Waals surface area contributed by atoms with Crippen molar-refractivity contribution in [2.24, 2.45) is 0 Å². The predicted octanol–water partition coefficient (Wildman–Crippen LogP) is 3.43. The molecule has 18 heavy (non-hydrogen) atoms. The van der Waals surface area contributed by atoms with Crippen LogP contribution in [0.2, 0.25) is 10.0 Å². The Labute approximate surface area is 116 Å². The number of aliphatic carboxylic acids is 1. The van der Waals surface area contributed by atoms with E-state index in [2.05, 4.69) is 0 Å². The van der Waals surface area contributed by atoms with E-state index in [-0.39, 0.29) is 6.04 Å². The summed E-state index contributed by atoms with van der Waals surface area (Å²) >= 11 is 11.8. The summed E-state index contributed by atoms with van der Waals surface area (Å²) in [5.41, 5.74) is 0.998. The molecule has 1 aliphatic heterocycles. The molecule has 1 saturated heterocycles. The van der Waals surface area contributed by atoms with Gasteiger partial charge in [-0.05, 0) is 37.1 Å². The highest BCUT2D eigenvalue weighted by molar-refractivity contribution is 6.42. The number of carboxylic acids is 1. The molecule has 0 bridgehead atoms. The minimum absolute atomic E-state index is 0.381. The van der Waals surface area contributed by atoms with E-state index in [9.17, 15) is 9.90 Å². The number of halogens is 2. The summed E-state index contributed by atoms with van der Waals surface area (Å²) in [7, 11) is 0. The van der Waals surface area contributed by atoms with E-state index in [0.29, 0.717) is 16.6 Å². The van der Waals surface area contributed by atoms with Gasteiger partial charge < -0.3 is 5.11 Å². The molecule has 1 aromatic rings. The fraction of sp³-hybridized carbons (Fsp3) is 0.462. The van der Waals surface area contributed by atoms with Crippen molar-refractivity contribution in [2.75, 3.05) is 6.54 Å². The molecular formula is C13H15Cl2NO2. The molecule has 98 valence electrons. The lowest BCUT2D eigenvalue weighted by Gasteiger charge is -2.32. The maximum absolute atomic E-state index is 11.2. The Morgan fingerprint density at radius 2 is 2.11 bits per heavy atom. The largest absolute Gasteiger partial charge is 0.480 e. The number of hydrogen-bond acceptors (Lipinski definition) is 2. The standard InChI is InChI=1S/C13H15Cl2NO2/c14-10-5-4-9(7-11(10)15)8-16-6-2-1-3-12(16)13(17)18/h4-5,7,12H,1-3,6,8H2,(H,17,18)/t12-/m1/s1. The lowest BCUT2D eigenvalue weighted by Crippen LogP contribution is -2.43. The van der Waals surface area contributed by atoms with Gasteiger partial charge in [-0.2, -0.15) is 0 Å². The van der Waals surface area contributed by atoms with Crippen molar-refractivity contribution in [1.29, 1.82) is 0 Å². The fourth-order valence-corrected chi connectivity index (χ4v) is 2.65. The second-order valence-electron chi connectivity index (χ2n) is 4.57. The number of carbonyl (C=O) groups is 1. The van der Waals surface area contributed by atoms with E-state index < -0.39 is 5.97 Å². The highest BCUT2D eigenvalue weighted by atomic mass is 35.5. The van der Waals surface area contributed by atoms with Gasteiger partial charge in [-0.1, -0.05) is 35.7 Å². The Morgan fingerprint density at radius 3 is 2.78 bits per heavy atom. The van der Waals surface area contributed by atoms with Gasteiger partial charge >= 0.3 is 5.97 Å². The van der Waals surface area contributed by atoms with Crippen LogP contribution in [0.15, 0.2) is 18.2 Å². The molecule has 1 N–H and O–H groups in total. The van der Waals surface area contributed by atoms with Crippen LogP contribution in [-0.4, -0.2) is 28.6 Å². The van der Waals surface area contributed by atoms with Crippen LogP contribution in [-0.2, 0) is 11.3 Å². The lowest BCUT2D eigenvalue weighted by atomic mass is 10.0. The molecule has 3 nitrogen and oxygen atoms in total. The predicted molar refractivity (Wildman–Crippen MR) is 72.1 cm³/mol. The second kappa shape index (κ2) is 5.91. The van der Waals surface area contributed by atoms with E-state index in [0.717, 1.165) is 31.4 Å². The maximum Gasteiger partial charge on any atom is 0.320 e. The number of piperidine rings is 1. The van der Waals surface area contributed by atoms with Crippen molar-refractivity contribution >= 4 is 29.2 Å². The molecule has 0 aromatic heterocycles. The summed E-state index contributed by atoms with van der Waals surface area (Å²) < 4.78 is 0. The van der Waals surface area contributed by atoms with Gasteiger partial charge in [0.2, 0.25) is 0 Å². The highest BCUT2D eigenvalue weighted by Gasteiger charge is 2.28. The van der Waals surface area contributed by atoms with Gasteiger partial charge in [0.15, 0.2) is 0 Å². The Morgan fingerprint density at radius 1 is 1.33 bits per heavy atom. The van der Waals surface area contributed by atoms with Gasteiger partial charge in [-0.25, -0.2) is 0 Å². The third kappa shape index (κ3) is 3.16. The molecule has 0 unspecified atom stereocenters. The van der Waals surface area contributed by atoms with Gasteiger partial charge in [-0.3, -0.25) is 9.69 Å². The first-order valence-electron chi connectivity index (χ1n) is 5.98. The van der Waals surface area contributed by atoms with Crippen LogP contribution in [0.25, 0.3) is 0 Å². The number of carboxylic acid groups (broad SMARTS) is 1. The Hall–Kier alpha value is -0.770. The summed E-state index contributed by atoms with van der Waals surface area (Å²) in [5, 5.41) is 10.2. The normalized spacial score (nSPS) is 20.9. The van der Waals surface area contributed by atoms with Crippen LogP contribution in [0, 0.1) is 0 Å². The van der Waals surface area contributed by atoms with Gasteiger partial charge in [0.25, 0.3) is 0 Å². The summed E-state index contributed by atoms with van der Waals surface area (Å²) in [6.07, 6.45) is 2.75. The van der Waals surface area contributed by atoms with Crippen molar-refractivity contribution in [3.8, 4) is 0 Å². The van der Waals surface area contributed by atoms with Crippen LogP contribution in [0.4, 0.5) is 0 Å². The second-order valence-corrected chi connectivity index (χ2v) is 5.38. The van der Waals surface area contributed by atoms with Gasteiger partial charge in [-0.15, -0.1) is 0 Å². The van der Waals surface area contributed by atoms with Crippen molar-refractivity contribution in [3.05, 3.63) is 33.8 Å². The topological polar surface area (TPSA) is 40.5 Å². The van der Waals surface area contributed by atoms with Crippen LogP contribution >= 0.6 is 23.2 Å². The van der Waals surface area contributed by atoms with Crippen LogP contribution < -0.4 is 0 Å². The Kier molecular flexibility index (Phi) is 4.49. The molecule has 1 aliphatic rings. The van der Waals surface area contributed by atoms with Crippen LogP contribution in [0.3, 0.4) is 0 Å². The van der Waals surface area contributed by atoms with Gasteiger partial charge in [0.05, 0.1) is 10.0 Å². The molecule has 1 heterocycles. The first-order valence-corrected chi connectivity index (χ1v) is 6.74. The molecular weight excluding hydrogens is 273 g/mol. The Balaban J connectivity index is 2.10. The van der Waals surface area contributed by atoms with Crippen molar-refractivity contribution in [2.45, 2.75) is 31.8 Å². The van der Waals surface area contributed by atoms with E-state index in [1.165, 1.54) is 0 Å². The van der Waals surface area contributed by atoms with Gasteiger partial charge in [0.1, 0.15) is 6.04 Å². The smallest absolute Gasteiger partial charge is 0.320 e. The molecule has 0 saturated carbocycles. The molecule has 0 aliphatic carbocycles. The molecule has 1 aromatic carbocycles. The van der Waals surface area contributed by atoms with E-state index in [1.807, 2.05) is 11.0 Å². The summed E-state index contributed by atoms with van der Waals surface area (Å²) in [5.74, 6) is -0.741. The molecule has 0 radical (unpaired) electrons. The minimum Gasteiger partial charge on any atom is -0.480 e. The zero-order valence-corrected chi connectivity index (χ0v) is 11.4. The van der Waals surface area contributed by atoms with Crippen molar-refractivity contribution < 1.29 is 9.90 Å². The maximum atomic E-state index is 11.2. The molecule has 5 heteroatoms. The van der Waals surface area contributed by atoms with E-state index >= 15 is 0 Å². The zero-order chi connectivity index (χ0) is 13.1. The average Bonchev–Trinajstić information content (AvgIpc) is 2.34. The average molecular weight is 288 g/mol. The third-order valence-electron chi connectivity index (χ3n) is 3.27. The summed E-state index contributed by atoms with van der Waals surface area (Å²) in [6.45, 7) is 1.42. The first-order chi connectivity index (χ1) is 8.58. The van der Waals surface area contributed by atoms with Crippen LogP contribution in [0.5, 0.6) is 0 Å². The number of benzene rings is 1. The molecule has 0 amide bonds. The number of rotatable bonds is 3. The van der Waals surface area contributed by atoms with E-state index in [1.54, 1.807) is 12.1 Å². The van der Waals surface area contributed by atoms with E-state index in [4.69, 9.17) is 23.2 Å². The molecule has 2 rings (SSSR count). The highest BCUT2D eigenvalue weighted by Crippen LogP contribution is 2.25. The van der Waals surface area contributed by atoms with Gasteiger partial charge in [0, 0.05) is 6.54 Å². The fourth-order valence-electron chi connectivity index (χ4n) is 2.33. The monoisotopic (exact) mass is 287 g/mol. The number of likely N-dealkylation sites (tertiary alicyclic amines) is 1. The third-order valence-corrected chi connectivity index (χ3v) is 4.01. The first kappa shape index (κ1) is 13.7. The lowest BCUT2D eigenvalue weighted by molar-refractivity contribution is -0.144. The zero-order valence-electron chi connectivity index (χ0n) is 9.90.